The summed E-state index contributed by atoms with van der Waals surface area (Å²) in [6.07, 6.45) is 2.62. The first-order valence-electron chi connectivity index (χ1n) is 6.76. The minimum atomic E-state index is -1.10. The van der Waals surface area contributed by atoms with E-state index in [0.717, 1.165) is 18.4 Å². The highest BCUT2D eigenvalue weighted by Gasteiger charge is 2.42. The lowest BCUT2D eigenvalue weighted by Gasteiger charge is -2.25. The molecule has 0 radical (unpaired) electrons. The van der Waals surface area contributed by atoms with Crippen LogP contribution < -0.4 is 10.1 Å². The van der Waals surface area contributed by atoms with Gasteiger partial charge in [0, 0.05) is 0 Å². The monoisotopic (exact) mass is 277 g/mol. The maximum atomic E-state index is 11.8. The summed E-state index contributed by atoms with van der Waals surface area (Å²) in [7, 11) is 0. The molecule has 1 aromatic carbocycles. The van der Waals surface area contributed by atoms with Crippen LogP contribution in [-0.4, -0.2) is 29.1 Å². The van der Waals surface area contributed by atoms with Gasteiger partial charge in [-0.2, -0.15) is 0 Å². The van der Waals surface area contributed by atoms with Crippen molar-refractivity contribution in [2.24, 2.45) is 0 Å². The van der Waals surface area contributed by atoms with Gasteiger partial charge in [0.15, 0.2) is 6.61 Å². The molecule has 2 rings (SSSR count). The Morgan fingerprint density at radius 3 is 2.40 bits per heavy atom. The number of aliphatic carboxylic acids is 1. The zero-order valence-electron chi connectivity index (χ0n) is 11.5. The summed E-state index contributed by atoms with van der Waals surface area (Å²) in [5.74, 6) is -0.755. The first kappa shape index (κ1) is 14.4. The summed E-state index contributed by atoms with van der Waals surface area (Å²) in [6.45, 7) is 1.80. The number of amides is 1. The van der Waals surface area contributed by atoms with Crippen molar-refractivity contribution in [1.29, 1.82) is 0 Å². The summed E-state index contributed by atoms with van der Waals surface area (Å²) < 4.78 is 5.35. The lowest BCUT2D eigenvalue weighted by Crippen LogP contribution is -2.53. The third-order valence-electron chi connectivity index (χ3n) is 3.64. The van der Waals surface area contributed by atoms with E-state index >= 15 is 0 Å². The van der Waals surface area contributed by atoms with Gasteiger partial charge in [-0.25, -0.2) is 4.79 Å². The summed E-state index contributed by atoms with van der Waals surface area (Å²) >= 11 is 0. The van der Waals surface area contributed by atoms with Crippen LogP contribution in [0.15, 0.2) is 24.3 Å². The Bertz CT molecular complexity index is 489. The normalized spacial score (nSPS) is 16.6. The van der Waals surface area contributed by atoms with Crippen molar-refractivity contribution in [3.63, 3.8) is 0 Å². The van der Waals surface area contributed by atoms with Gasteiger partial charge >= 0.3 is 5.97 Å². The number of aryl methyl sites for hydroxylation is 1. The predicted octanol–water partition coefficient (Wildman–Crippen LogP) is 1.89. The van der Waals surface area contributed by atoms with Gasteiger partial charge in [-0.15, -0.1) is 0 Å². The third-order valence-corrected chi connectivity index (χ3v) is 3.64. The van der Waals surface area contributed by atoms with E-state index in [1.165, 1.54) is 0 Å². The Hall–Kier alpha value is -2.04. The molecular formula is C15H19NO4. The van der Waals surface area contributed by atoms with Crippen molar-refractivity contribution in [1.82, 2.24) is 5.32 Å². The number of benzene rings is 1. The van der Waals surface area contributed by atoms with Crippen molar-refractivity contribution in [3.8, 4) is 5.75 Å². The van der Waals surface area contributed by atoms with E-state index in [2.05, 4.69) is 5.32 Å². The standard InChI is InChI=1S/C15H19NO4/c1-11-4-6-12(7-5-11)20-10-13(17)16-15(14(18)19)8-2-3-9-15/h4-7H,2-3,8-10H2,1H3,(H,16,17)(H,18,19). The van der Waals surface area contributed by atoms with Crippen molar-refractivity contribution >= 4 is 11.9 Å². The maximum absolute atomic E-state index is 11.8. The topological polar surface area (TPSA) is 75.6 Å². The van der Waals surface area contributed by atoms with Gasteiger partial charge in [-0.3, -0.25) is 4.79 Å². The molecule has 1 fully saturated rings. The van der Waals surface area contributed by atoms with Gasteiger partial charge in [0.2, 0.25) is 0 Å². The van der Waals surface area contributed by atoms with Gasteiger partial charge in [0.1, 0.15) is 11.3 Å². The molecule has 1 aliphatic carbocycles. The van der Waals surface area contributed by atoms with Crippen molar-refractivity contribution < 1.29 is 19.4 Å². The van der Waals surface area contributed by atoms with E-state index in [1.807, 2.05) is 19.1 Å². The Labute approximate surface area is 117 Å². The summed E-state index contributed by atoms with van der Waals surface area (Å²) in [5, 5.41) is 11.9. The van der Waals surface area contributed by atoms with Gasteiger partial charge in [0.05, 0.1) is 0 Å². The quantitative estimate of drug-likeness (QED) is 0.861. The molecule has 2 N–H and O–H groups in total. The number of carbonyl (C=O) groups is 2. The number of ether oxygens (including phenoxy) is 1. The molecule has 1 aromatic rings. The number of carbonyl (C=O) groups excluding carboxylic acids is 1. The first-order chi connectivity index (χ1) is 9.52. The number of carboxylic acid groups (broad SMARTS) is 1. The van der Waals surface area contributed by atoms with Crippen LogP contribution in [0.1, 0.15) is 31.2 Å². The molecule has 1 amide bonds. The second-order valence-electron chi connectivity index (χ2n) is 5.24. The number of rotatable bonds is 5. The fraction of sp³-hybridized carbons (Fsp3) is 0.467. The lowest BCUT2D eigenvalue weighted by atomic mass is 9.98. The fourth-order valence-electron chi connectivity index (χ4n) is 2.46. The molecule has 5 heteroatoms. The number of hydrogen-bond donors (Lipinski definition) is 2. The van der Waals surface area contributed by atoms with E-state index < -0.39 is 17.4 Å². The summed E-state index contributed by atoms with van der Waals surface area (Å²) in [6, 6.07) is 7.35. The van der Waals surface area contributed by atoms with E-state index in [4.69, 9.17) is 4.74 Å². The molecule has 108 valence electrons. The zero-order valence-corrected chi connectivity index (χ0v) is 11.5. The van der Waals surface area contributed by atoms with E-state index in [-0.39, 0.29) is 6.61 Å². The van der Waals surface area contributed by atoms with Crippen LogP contribution in [0.4, 0.5) is 0 Å². The van der Waals surface area contributed by atoms with Crippen LogP contribution in [-0.2, 0) is 9.59 Å². The number of nitrogens with one attached hydrogen (secondary N) is 1. The zero-order chi connectivity index (χ0) is 14.6. The molecule has 0 saturated heterocycles. The molecule has 0 unspecified atom stereocenters. The summed E-state index contributed by atoms with van der Waals surface area (Å²) in [4.78, 5) is 23.2. The van der Waals surface area contributed by atoms with E-state index in [1.54, 1.807) is 12.1 Å². The smallest absolute Gasteiger partial charge is 0.329 e. The molecule has 1 aliphatic rings. The fourth-order valence-corrected chi connectivity index (χ4v) is 2.46. The second-order valence-corrected chi connectivity index (χ2v) is 5.24. The molecule has 0 aromatic heterocycles. The van der Waals surface area contributed by atoms with Crippen LogP contribution in [0.25, 0.3) is 0 Å². The Morgan fingerprint density at radius 1 is 1.25 bits per heavy atom. The first-order valence-corrected chi connectivity index (χ1v) is 6.76. The third kappa shape index (κ3) is 3.29. The van der Waals surface area contributed by atoms with Crippen LogP contribution >= 0.6 is 0 Å². The number of hydrogen-bond acceptors (Lipinski definition) is 3. The van der Waals surface area contributed by atoms with Gasteiger partial charge in [-0.05, 0) is 31.9 Å². The molecule has 20 heavy (non-hydrogen) atoms. The van der Waals surface area contributed by atoms with Crippen LogP contribution in [0.2, 0.25) is 0 Å². The molecule has 1 saturated carbocycles. The molecule has 0 atom stereocenters. The number of carboxylic acids is 1. The van der Waals surface area contributed by atoms with Crippen molar-refractivity contribution in [2.45, 2.75) is 38.1 Å². The highest BCUT2D eigenvalue weighted by molar-refractivity contribution is 5.87. The van der Waals surface area contributed by atoms with Crippen LogP contribution in [0.5, 0.6) is 5.75 Å². The Balaban J connectivity index is 1.89. The SMILES string of the molecule is Cc1ccc(OCC(=O)NC2(C(=O)O)CCCC2)cc1. The molecule has 0 aliphatic heterocycles. The minimum absolute atomic E-state index is 0.169. The van der Waals surface area contributed by atoms with Gasteiger partial charge in [-0.1, -0.05) is 30.5 Å². The highest BCUT2D eigenvalue weighted by Crippen LogP contribution is 2.29. The van der Waals surface area contributed by atoms with E-state index in [0.29, 0.717) is 18.6 Å². The summed E-state index contributed by atoms with van der Waals surface area (Å²) in [5.41, 5.74) is 0.00542. The maximum Gasteiger partial charge on any atom is 0.329 e. The molecular weight excluding hydrogens is 258 g/mol. The van der Waals surface area contributed by atoms with Gasteiger partial charge in [0.25, 0.3) is 5.91 Å². The Kier molecular flexibility index (Phi) is 4.27. The van der Waals surface area contributed by atoms with Crippen LogP contribution in [0.3, 0.4) is 0 Å². The average Bonchev–Trinajstić information content (AvgIpc) is 2.88. The largest absolute Gasteiger partial charge is 0.484 e. The van der Waals surface area contributed by atoms with Crippen molar-refractivity contribution in [2.75, 3.05) is 6.61 Å². The molecule has 0 spiro atoms. The minimum Gasteiger partial charge on any atom is -0.484 e. The van der Waals surface area contributed by atoms with E-state index in [9.17, 15) is 14.7 Å². The Morgan fingerprint density at radius 2 is 1.85 bits per heavy atom. The predicted molar refractivity (Wildman–Crippen MR) is 73.7 cm³/mol. The lowest BCUT2D eigenvalue weighted by molar-refractivity contribution is -0.147. The van der Waals surface area contributed by atoms with Crippen molar-refractivity contribution in [3.05, 3.63) is 29.8 Å². The van der Waals surface area contributed by atoms with Gasteiger partial charge < -0.3 is 15.2 Å². The molecule has 0 bridgehead atoms. The molecule has 5 nitrogen and oxygen atoms in total. The van der Waals surface area contributed by atoms with Crippen LogP contribution in [0, 0.1) is 6.92 Å². The highest BCUT2D eigenvalue weighted by atomic mass is 16.5. The second kappa shape index (κ2) is 5.94. The molecule has 0 heterocycles. The average molecular weight is 277 g/mol.